The fourth-order valence-electron chi connectivity index (χ4n) is 1.11. The predicted octanol–water partition coefficient (Wildman–Crippen LogP) is 3.41. The number of nitrogens with one attached hydrogen (secondary N) is 1. The zero-order chi connectivity index (χ0) is 12.3. The third-order valence-electron chi connectivity index (χ3n) is 2.81. The van der Waals surface area contributed by atoms with Crippen LogP contribution in [0.25, 0.3) is 0 Å². The highest BCUT2D eigenvalue weighted by molar-refractivity contribution is 9.10. The number of aliphatic hydroxyl groups is 1. The van der Waals surface area contributed by atoms with Crippen LogP contribution in [0.1, 0.15) is 20.8 Å². The maximum absolute atomic E-state index is 12.8. The average Bonchev–Trinajstić information content (AvgIpc) is 2.16. The molecule has 1 unspecified atom stereocenters. The number of rotatable bonds is 4. The van der Waals surface area contributed by atoms with Crippen LogP contribution in [0, 0.1) is 11.7 Å². The predicted molar refractivity (Wildman–Crippen MR) is 68.1 cm³/mol. The van der Waals surface area contributed by atoms with Crippen molar-refractivity contribution in [2.24, 2.45) is 5.92 Å². The highest BCUT2D eigenvalue weighted by atomic mass is 79.9. The largest absolute Gasteiger partial charge is 0.388 e. The summed E-state index contributed by atoms with van der Waals surface area (Å²) in [5.41, 5.74) is -0.00397. The van der Waals surface area contributed by atoms with Gasteiger partial charge in [-0.15, -0.1) is 0 Å². The molecule has 0 bridgehead atoms. The normalized spacial score (nSPS) is 14.9. The second-order valence-electron chi connectivity index (χ2n) is 4.49. The van der Waals surface area contributed by atoms with E-state index in [-0.39, 0.29) is 11.7 Å². The van der Waals surface area contributed by atoms with Crippen molar-refractivity contribution in [2.45, 2.75) is 26.4 Å². The van der Waals surface area contributed by atoms with Crippen LogP contribution >= 0.6 is 15.9 Å². The minimum absolute atomic E-state index is 0.152. The van der Waals surface area contributed by atoms with Gasteiger partial charge in [0.05, 0.1) is 5.60 Å². The van der Waals surface area contributed by atoms with E-state index in [2.05, 4.69) is 21.2 Å². The van der Waals surface area contributed by atoms with Crippen LogP contribution in [0.15, 0.2) is 22.7 Å². The van der Waals surface area contributed by atoms with Crippen molar-refractivity contribution < 1.29 is 9.50 Å². The summed E-state index contributed by atoms with van der Waals surface area (Å²) in [5, 5.41) is 13.1. The molecule has 16 heavy (non-hydrogen) atoms. The van der Waals surface area contributed by atoms with Crippen LogP contribution in [0.5, 0.6) is 0 Å². The lowest BCUT2D eigenvalue weighted by Crippen LogP contribution is -2.38. The molecule has 90 valence electrons. The summed E-state index contributed by atoms with van der Waals surface area (Å²) >= 11 is 3.27. The molecule has 0 heterocycles. The van der Waals surface area contributed by atoms with Gasteiger partial charge in [0, 0.05) is 16.7 Å². The Morgan fingerprint density at radius 1 is 1.50 bits per heavy atom. The molecule has 1 aromatic carbocycles. The third-order valence-corrected chi connectivity index (χ3v) is 3.47. The van der Waals surface area contributed by atoms with Crippen LogP contribution in [0.2, 0.25) is 0 Å². The quantitative estimate of drug-likeness (QED) is 0.890. The SMILES string of the molecule is CC(C)C(C)(O)CNc1ccc(F)cc1Br. The average molecular weight is 290 g/mol. The molecule has 0 amide bonds. The van der Waals surface area contributed by atoms with Gasteiger partial charge >= 0.3 is 0 Å². The molecule has 0 aliphatic carbocycles. The van der Waals surface area contributed by atoms with Crippen molar-refractivity contribution in [2.75, 3.05) is 11.9 Å². The van der Waals surface area contributed by atoms with E-state index in [1.54, 1.807) is 13.0 Å². The van der Waals surface area contributed by atoms with Crippen molar-refractivity contribution in [1.29, 1.82) is 0 Å². The highest BCUT2D eigenvalue weighted by Crippen LogP contribution is 2.24. The summed E-state index contributed by atoms with van der Waals surface area (Å²) in [6.07, 6.45) is 0. The maximum Gasteiger partial charge on any atom is 0.124 e. The van der Waals surface area contributed by atoms with E-state index in [1.807, 2.05) is 13.8 Å². The summed E-state index contributed by atoms with van der Waals surface area (Å²) in [4.78, 5) is 0. The first-order chi connectivity index (χ1) is 7.33. The van der Waals surface area contributed by atoms with Gasteiger partial charge in [-0.05, 0) is 47.0 Å². The molecule has 0 spiro atoms. The van der Waals surface area contributed by atoms with Gasteiger partial charge in [-0.2, -0.15) is 0 Å². The van der Waals surface area contributed by atoms with Gasteiger partial charge < -0.3 is 10.4 Å². The van der Waals surface area contributed by atoms with Crippen LogP contribution in [0.3, 0.4) is 0 Å². The van der Waals surface area contributed by atoms with E-state index in [1.165, 1.54) is 12.1 Å². The molecule has 1 atom stereocenters. The van der Waals surface area contributed by atoms with Crippen LogP contribution < -0.4 is 5.32 Å². The molecular formula is C12H17BrFNO. The zero-order valence-corrected chi connectivity index (χ0v) is 11.3. The molecule has 0 saturated carbocycles. The minimum Gasteiger partial charge on any atom is -0.388 e. The molecule has 0 saturated heterocycles. The minimum atomic E-state index is -0.784. The van der Waals surface area contributed by atoms with Crippen molar-refractivity contribution in [3.63, 3.8) is 0 Å². The lowest BCUT2D eigenvalue weighted by molar-refractivity contribution is 0.0266. The third kappa shape index (κ3) is 3.46. The Morgan fingerprint density at radius 3 is 2.62 bits per heavy atom. The number of halogens is 2. The van der Waals surface area contributed by atoms with E-state index in [0.29, 0.717) is 11.0 Å². The first-order valence-electron chi connectivity index (χ1n) is 5.24. The van der Waals surface area contributed by atoms with E-state index in [9.17, 15) is 9.50 Å². The standard InChI is InChI=1S/C12H17BrFNO/c1-8(2)12(3,16)7-15-11-5-4-9(14)6-10(11)13/h4-6,8,15-16H,7H2,1-3H3. The molecule has 0 aliphatic heterocycles. The van der Waals surface area contributed by atoms with Crippen molar-refractivity contribution in [3.05, 3.63) is 28.5 Å². The van der Waals surface area contributed by atoms with Gasteiger partial charge in [-0.1, -0.05) is 13.8 Å². The van der Waals surface area contributed by atoms with Crippen LogP contribution in [0.4, 0.5) is 10.1 Å². The Labute approximate surface area is 104 Å². The smallest absolute Gasteiger partial charge is 0.124 e. The van der Waals surface area contributed by atoms with E-state index >= 15 is 0 Å². The first-order valence-corrected chi connectivity index (χ1v) is 6.03. The topological polar surface area (TPSA) is 32.3 Å². The first kappa shape index (κ1) is 13.5. The van der Waals surface area contributed by atoms with E-state index in [4.69, 9.17) is 0 Å². The number of hydrogen-bond acceptors (Lipinski definition) is 2. The van der Waals surface area contributed by atoms with Crippen molar-refractivity contribution in [1.82, 2.24) is 0 Å². The summed E-state index contributed by atoms with van der Waals surface area (Å²) in [6.45, 7) is 6.12. The molecule has 0 radical (unpaired) electrons. The Kier molecular flexibility index (Phi) is 4.33. The summed E-state index contributed by atoms with van der Waals surface area (Å²) in [6, 6.07) is 4.43. The van der Waals surface area contributed by atoms with Crippen molar-refractivity contribution in [3.8, 4) is 0 Å². The second-order valence-corrected chi connectivity index (χ2v) is 5.34. The van der Waals surface area contributed by atoms with Crippen LogP contribution in [-0.2, 0) is 0 Å². The van der Waals surface area contributed by atoms with Gasteiger partial charge in [0.25, 0.3) is 0 Å². The molecular weight excluding hydrogens is 273 g/mol. The molecule has 4 heteroatoms. The van der Waals surface area contributed by atoms with E-state index < -0.39 is 5.60 Å². The van der Waals surface area contributed by atoms with E-state index in [0.717, 1.165) is 5.69 Å². The van der Waals surface area contributed by atoms with Crippen molar-refractivity contribution >= 4 is 21.6 Å². The molecule has 1 aromatic rings. The number of hydrogen-bond donors (Lipinski definition) is 2. The Bertz CT molecular complexity index is 366. The molecule has 0 aromatic heterocycles. The molecule has 2 nitrogen and oxygen atoms in total. The lowest BCUT2D eigenvalue weighted by Gasteiger charge is -2.28. The zero-order valence-electron chi connectivity index (χ0n) is 9.72. The molecule has 0 fully saturated rings. The second kappa shape index (κ2) is 5.15. The fourth-order valence-corrected chi connectivity index (χ4v) is 1.60. The van der Waals surface area contributed by atoms with Gasteiger partial charge in [0.1, 0.15) is 5.82 Å². The highest BCUT2D eigenvalue weighted by Gasteiger charge is 2.24. The fraction of sp³-hybridized carbons (Fsp3) is 0.500. The van der Waals surface area contributed by atoms with Crippen LogP contribution in [-0.4, -0.2) is 17.3 Å². The Hall–Kier alpha value is -0.610. The Balaban J connectivity index is 2.68. The summed E-state index contributed by atoms with van der Waals surface area (Å²) in [5.74, 6) is -0.132. The number of benzene rings is 1. The summed E-state index contributed by atoms with van der Waals surface area (Å²) in [7, 11) is 0. The van der Waals surface area contributed by atoms with Gasteiger partial charge in [0.2, 0.25) is 0 Å². The molecule has 0 aliphatic rings. The monoisotopic (exact) mass is 289 g/mol. The maximum atomic E-state index is 12.8. The summed E-state index contributed by atoms with van der Waals surface area (Å²) < 4.78 is 13.5. The lowest BCUT2D eigenvalue weighted by atomic mass is 9.92. The Morgan fingerprint density at radius 2 is 2.12 bits per heavy atom. The van der Waals surface area contributed by atoms with Gasteiger partial charge in [-0.25, -0.2) is 4.39 Å². The van der Waals surface area contributed by atoms with Gasteiger partial charge in [0.15, 0.2) is 0 Å². The van der Waals surface area contributed by atoms with Gasteiger partial charge in [-0.3, -0.25) is 0 Å². The number of anilines is 1. The molecule has 2 N–H and O–H groups in total. The molecule has 1 rings (SSSR count).